The molecule has 0 aliphatic carbocycles. The van der Waals surface area contributed by atoms with Gasteiger partial charge in [0.1, 0.15) is 5.82 Å². The van der Waals surface area contributed by atoms with Gasteiger partial charge in [-0.2, -0.15) is 0 Å². The van der Waals surface area contributed by atoms with Crippen LogP contribution in [0.4, 0.5) is 4.39 Å². The van der Waals surface area contributed by atoms with Crippen molar-refractivity contribution < 1.29 is 14.6 Å². The van der Waals surface area contributed by atoms with Crippen molar-refractivity contribution in [1.29, 1.82) is 0 Å². The van der Waals surface area contributed by atoms with Crippen LogP contribution in [0.25, 0.3) is 0 Å². The van der Waals surface area contributed by atoms with Gasteiger partial charge < -0.3 is 15.9 Å². The second kappa shape index (κ2) is 4.84. The van der Waals surface area contributed by atoms with Gasteiger partial charge in [0.25, 0.3) is 0 Å². The molecule has 0 heterocycles. The fourth-order valence-corrected chi connectivity index (χ4v) is 1.29. The monoisotopic (exact) mass is 263 g/mol. The van der Waals surface area contributed by atoms with E-state index in [0.29, 0.717) is 10.0 Å². The Morgan fingerprint density at radius 1 is 1.50 bits per heavy atom. The Balaban J connectivity index is 2.91. The highest BCUT2D eigenvalue weighted by Crippen LogP contribution is 2.21. The minimum absolute atomic E-state index is 0.325. The second-order valence-electron chi connectivity index (χ2n) is 2.96. The molecule has 1 aromatic rings. The number of hydrogen-bond acceptors (Lipinski definition) is 3. The summed E-state index contributed by atoms with van der Waals surface area (Å²) in [6, 6.07) is 3.42. The van der Waals surface area contributed by atoms with Gasteiger partial charge in [0.15, 0.2) is 0 Å². The molecular formula is C9H11BrFNO2. The van der Waals surface area contributed by atoms with Crippen molar-refractivity contribution in [2.24, 2.45) is 5.73 Å². The van der Waals surface area contributed by atoms with Crippen molar-refractivity contribution in [2.45, 2.75) is 12.1 Å². The summed E-state index contributed by atoms with van der Waals surface area (Å²) >= 11 is 3.00. The molecule has 14 heavy (non-hydrogen) atoms. The molecular weight excluding hydrogens is 253 g/mol. The molecule has 1 rings (SSSR count). The molecule has 3 nitrogen and oxygen atoms in total. The lowest BCUT2D eigenvalue weighted by atomic mass is 10.0. The normalized spacial score (nSPS) is 15.2. The quantitative estimate of drug-likeness (QED) is 0.761. The Morgan fingerprint density at radius 3 is 2.64 bits per heavy atom. The van der Waals surface area contributed by atoms with Crippen LogP contribution in [0.3, 0.4) is 0 Å². The summed E-state index contributed by atoms with van der Waals surface area (Å²) in [5.41, 5.74) is 5.76. The van der Waals surface area contributed by atoms with Crippen LogP contribution < -0.4 is 5.73 Å². The molecule has 0 aliphatic heterocycles. The highest BCUT2D eigenvalue weighted by molar-refractivity contribution is 9.10. The maximum absolute atomic E-state index is 13.0. The number of hydrogen-bond donors (Lipinski definition) is 3. The molecule has 5 heteroatoms. The van der Waals surface area contributed by atoms with Crippen molar-refractivity contribution in [3.05, 3.63) is 34.1 Å². The van der Waals surface area contributed by atoms with Crippen molar-refractivity contribution >= 4 is 15.9 Å². The summed E-state index contributed by atoms with van der Waals surface area (Å²) in [5.74, 6) is -0.466. The van der Waals surface area contributed by atoms with Crippen LogP contribution >= 0.6 is 15.9 Å². The van der Waals surface area contributed by atoms with E-state index in [1.54, 1.807) is 6.07 Å². The fraction of sp³-hybridized carbons (Fsp3) is 0.333. The molecule has 0 spiro atoms. The number of nitrogens with two attached hydrogens (primary N) is 1. The summed E-state index contributed by atoms with van der Waals surface area (Å²) in [6.07, 6.45) is -1.05. The summed E-state index contributed by atoms with van der Waals surface area (Å²) in [4.78, 5) is 0. The molecule has 0 fully saturated rings. The molecule has 0 radical (unpaired) electrons. The first kappa shape index (κ1) is 11.6. The van der Waals surface area contributed by atoms with Gasteiger partial charge in [0.2, 0.25) is 0 Å². The molecule has 0 bridgehead atoms. The molecule has 0 aromatic heterocycles. The SMILES string of the molecule is NC(CO)C(O)c1ccc(Br)c(F)c1. The van der Waals surface area contributed by atoms with E-state index >= 15 is 0 Å². The number of aliphatic hydroxyl groups excluding tert-OH is 2. The average Bonchev–Trinajstić information content (AvgIpc) is 2.20. The molecule has 2 unspecified atom stereocenters. The summed E-state index contributed by atoms with van der Waals surface area (Å²) in [6.45, 7) is -0.348. The van der Waals surface area contributed by atoms with Crippen LogP contribution in [0, 0.1) is 5.82 Å². The first-order valence-electron chi connectivity index (χ1n) is 4.05. The second-order valence-corrected chi connectivity index (χ2v) is 3.82. The smallest absolute Gasteiger partial charge is 0.137 e. The van der Waals surface area contributed by atoms with E-state index in [1.807, 2.05) is 0 Å². The van der Waals surface area contributed by atoms with Crippen LogP contribution in [0.2, 0.25) is 0 Å². The van der Waals surface area contributed by atoms with Crippen molar-refractivity contribution in [2.75, 3.05) is 6.61 Å². The zero-order chi connectivity index (χ0) is 10.7. The minimum atomic E-state index is -1.05. The largest absolute Gasteiger partial charge is 0.395 e. The lowest BCUT2D eigenvalue weighted by Gasteiger charge is -2.16. The van der Waals surface area contributed by atoms with Crippen molar-refractivity contribution in [3.8, 4) is 0 Å². The molecule has 0 aliphatic rings. The van der Waals surface area contributed by atoms with Gasteiger partial charge in [0, 0.05) is 0 Å². The summed E-state index contributed by atoms with van der Waals surface area (Å²) in [5, 5.41) is 18.2. The first-order chi connectivity index (χ1) is 6.56. The lowest BCUT2D eigenvalue weighted by molar-refractivity contribution is 0.109. The predicted octanol–water partition coefficient (Wildman–Crippen LogP) is 0.941. The third kappa shape index (κ3) is 2.51. The van der Waals surface area contributed by atoms with E-state index < -0.39 is 18.0 Å². The number of rotatable bonds is 3. The van der Waals surface area contributed by atoms with Crippen molar-refractivity contribution in [3.63, 3.8) is 0 Å². The summed E-state index contributed by atoms with van der Waals surface area (Å²) in [7, 11) is 0. The van der Waals surface area contributed by atoms with Crippen LogP contribution in [-0.2, 0) is 0 Å². The van der Waals surface area contributed by atoms with Gasteiger partial charge in [-0.1, -0.05) is 6.07 Å². The summed E-state index contributed by atoms with van der Waals surface area (Å²) < 4.78 is 13.4. The lowest BCUT2D eigenvalue weighted by Crippen LogP contribution is -2.31. The molecule has 2 atom stereocenters. The number of benzene rings is 1. The molecule has 78 valence electrons. The van der Waals surface area contributed by atoms with Gasteiger partial charge in [-0.05, 0) is 33.6 Å². The Hall–Kier alpha value is -0.490. The topological polar surface area (TPSA) is 66.5 Å². The Labute approximate surface area is 89.5 Å². The third-order valence-corrected chi connectivity index (χ3v) is 2.54. The molecule has 0 amide bonds. The van der Waals surface area contributed by atoms with Crippen LogP contribution in [0.15, 0.2) is 22.7 Å². The van der Waals surface area contributed by atoms with E-state index in [4.69, 9.17) is 10.8 Å². The van der Waals surface area contributed by atoms with Gasteiger partial charge in [0.05, 0.1) is 23.2 Å². The van der Waals surface area contributed by atoms with E-state index in [0.717, 1.165) is 0 Å². The van der Waals surface area contributed by atoms with Gasteiger partial charge in [-0.25, -0.2) is 4.39 Å². The van der Waals surface area contributed by atoms with Gasteiger partial charge >= 0.3 is 0 Å². The maximum atomic E-state index is 13.0. The Kier molecular flexibility index (Phi) is 4.00. The van der Waals surface area contributed by atoms with E-state index in [-0.39, 0.29) is 6.61 Å². The molecule has 0 saturated heterocycles. The van der Waals surface area contributed by atoms with Crippen LogP contribution in [0.1, 0.15) is 11.7 Å². The number of halogens is 2. The first-order valence-corrected chi connectivity index (χ1v) is 4.85. The van der Waals surface area contributed by atoms with E-state index in [2.05, 4.69) is 15.9 Å². The predicted molar refractivity (Wildman–Crippen MR) is 54.1 cm³/mol. The highest BCUT2D eigenvalue weighted by atomic mass is 79.9. The zero-order valence-corrected chi connectivity index (χ0v) is 8.91. The average molecular weight is 264 g/mol. The zero-order valence-electron chi connectivity index (χ0n) is 7.32. The van der Waals surface area contributed by atoms with E-state index in [1.165, 1.54) is 12.1 Å². The molecule has 0 saturated carbocycles. The van der Waals surface area contributed by atoms with Gasteiger partial charge in [-0.15, -0.1) is 0 Å². The molecule has 1 aromatic carbocycles. The van der Waals surface area contributed by atoms with Crippen molar-refractivity contribution in [1.82, 2.24) is 0 Å². The fourth-order valence-electron chi connectivity index (χ4n) is 1.04. The Bertz CT molecular complexity index is 322. The third-order valence-electron chi connectivity index (χ3n) is 1.90. The number of aliphatic hydroxyl groups is 2. The highest BCUT2D eigenvalue weighted by Gasteiger charge is 2.16. The minimum Gasteiger partial charge on any atom is -0.395 e. The van der Waals surface area contributed by atoms with Crippen LogP contribution in [-0.4, -0.2) is 22.9 Å². The molecule has 4 N–H and O–H groups in total. The standard InChI is InChI=1S/C9H11BrFNO2/c10-6-2-1-5(3-7(6)11)9(14)8(12)4-13/h1-3,8-9,13-14H,4,12H2. The Morgan fingerprint density at radius 2 is 2.14 bits per heavy atom. The van der Waals surface area contributed by atoms with Gasteiger partial charge in [-0.3, -0.25) is 0 Å². The maximum Gasteiger partial charge on any atom is 0.137 e. The van der Waals surface area contributed by atoms with Crippen LogP contribution in [0.5, 0.6) is 0 Å². The van der Waals surface area contributed by atoms with E-state index in [9.17, 15) is 9.50 Å².